The highest BCUT2D eigenvalue weighted by Crippen LogP contribution is 2.39. The molecular formula is C19H30O7-2. The molecule has 2 atom stereocenters. The average Bonchev–Trinajstić information content (AvgIpc) is 2.60. The molecule has 0 heterocycles. The Balaban J connectivity index is 5.42. The van der Waals surface area contributed by atoms with Gasteiger partial charge in [-0.2, -0.15) is 0 Å². The third-order valence-corrected chi connectivity index (χ3v) is 4.60. The van der Waals surface area contributed by atoms with Gasteiger partial charge >= 0.3 is 5.97 Å². The van der Waals surface area contributed by atoms with Crippen LogP contribution in [-0.2, 0) is 23.9 Å². The van der Waals surface area contributed by atoms with Gasteiger partial charge in [0.15, 0.2) is 0 Å². The molecule has 0 aromatic heterocycles. The molecule has 2 unspecified atom stereocenters. The molecule has 0 rings (SSSR count). The molecule has 0 amide bonds. The predicted octanol–water partition coefficient (Wildman–Crippen LogP) is 0.605. The molecule has 7 nitrogen and oxygen atoms in total. The van der Waals surface area contributed by atoms with Crippen LogP contribution in [0.2, 0.25) is 0 Å². The first-order chi connectivity index (χ1) is 12.2. The average molecular weight is 370 g/mol. The smallest absolute Gasteiger partial charge is 0.307 e. The Bertz CT molecular complexity index is 486. The summed E-state index contributed by atoms with van der Waals surface area (Å²) in [6.45, 7) is 7.72. The normalized spacial score (nSPS) is 14.3. The van der Waals surface area contributed by atoms with Crippen molar-refractivity contribution in [1.82, 2.24) is 0 Å². The first-order valence-corrected chi connectivity index (χ1v) is 9.01. The van der Waals surface area contributed by atoms with Gasteiger partial charge in [0.05, 0.1) is 25.0 Å². The number of carboxylic acids is 2. The highest BCUT2D eigenvalue weighted by Gasteiger charge is 2.40. The summed E-state index contributed by atoms with van der Waals surface area (Å²) in [7, 11) is 1.51. The maximum atomic E-state index is 12.1. The van der Waals surface area contributed by atoms with Crippen molar-refractivity contribution in [3.8, 4) is 0 Å². The molecule has 7 heteroatoms. The molecule has 0 aromatic rings. The highest BCUT2D eigenvalue weighted by molar-refractivity contribution is 5.96. The number of methoxy groups -OCH3 is 1. The maximum Gasteiger partial charge on any atom is 0.307 e. The Kier molecular flexibility index (Phi) is 11.6. The van der Waals surface area contributed by atoms with Crippen molar-refractivity contribution in [3.05, 3.63) is 12.2 Å². The minimum Gasteiger partial charge on any atom is -0.549 e. The van der Waals surface area contributed by atoms with Crippen LogP contribution in [0.5, 0.6) is 0 Å². The lowest BCUT2D eigenvalue weighted by molar-refractivity contribution is -0.323. The summed E-state index contributed by atoms with van der Waals surface area (Å²) in [5, 5.41) is 23.3. The van der Waals surface area contributed by atoms with E-state index >= 15 is 0 Å². The Morgan fingerprint density at radius 3 is 2.23 bits per heavy atom. The van der Waals surface area contributed by atoms with Crippen molar-refractivity contribution in [2.75, 3.05) is 20.3 Å². The van der Waals surface area contributed by atoms with Crippen LogP contribution < -0.4 is 10.2 Å². The van der Waals surface area contributed by atoms with E-state index in [2.05, 4.69) is 6.58 Å². The number of hydrogen-bond acceptors (Lipinski definition) is 7. The number of aliphatic carboxylic acids is 2. The zero-order chi connectivity index (χ0) is 20.2. The summed E-state index contributed by atoms with van der Waals surface area (Å²) in [5.41, 5.74) is -2.69. The molecule has 0 saturated heterocycles. The molecule has 0 aliphatic rings. The lowest BCUT2D eigenvalue weighted by Gasteiger charge is -2.39. The molecule has 0 radical (unpaired) electrons. The first kappa shape index (κ1) is 24.1. The van der Waals surface area contributed by atoms with Gasteiger partial charge < -0.3 is 29.3 Å². The van der Waals surface area contributed by atoms with E-state index in [0.717, 1.165) is 19.3 Å². The first-order valence-electron chi connectivity index (χ1n) is 9.01. The number of unbranched alkanes of at least 4 members (excludes halogenated alkanes) is 1. The van der Waals surface area contributed by atoms with Gasteiger partial charge in [-0.05, 0) is 17.9 Å². The molecule has 0 aromatic carbocycles. The van der Waals surface area contributed by atoms with Gasteiger partial charge in [0.25, 0.3) is 0 Å². The zero-order valence-electron chi connectivity index (χ0n) is 16.0. The van der Waals surface area contributed by atoms with Crippen LogP contribution in [0.25, 0.3) is 0 Å². The van der Waals surface area contributed by atoms with Crippen LogP contribution in [0, 0.1) is 11.3 Å². The summed E-state index contributed by atoms with van der Waals surface area (Å²) in [6.07, 6.45) is 2.95. The lowest BCUT2D eigenvalue weighted by atomic mass is 9.70. The van der Waals surface area contributed by atoms with Gasteiger partial charge in [0.1, 0.15) is 0 Å². The van der Waals surface area contributed by atoms with Crippen LogP contribution >= 0.6 is 0 Å². The Labute approximate surface area is 155 Å². The van der Waals surface area contributed by atoms with E-state index in [-0.39, 0.29) is 18.9 Å². The molecule has 0 aliphatic heterocycles. The standard InChI is InChI=1S/C19H32O7/c1-5-7-9-15(6-2)12-19(18(23)24,14(3)17(21)22)13-16(20)26-11-8-10-25-4/h15H,3,5-13H2,1-2,4H3,(H,21,22)(H,23,24)/p-2. The van der Waals surface area contributed by atoms with Crippen molar-refractivity contribution < 1.29 is 34.1 Å². The number of hydrogen-bond donors (Lipinski definition) is 0. The van der Waals surface area contributed by atoms with Crippen molar-refractivity contribution in [2.45, 2.75) is 58.8 Å². The fraction of sp³-hybridized carbons (Fsp3) is 0.737. The zero-order valence-corrected chi connectivity index (χ0v) is 16.0. The van der Waals surface area contributed by atoms with Gasteiger partial charge in [0.2, 0.25) is 0 Å². The van der Waals surface area contributed by atoms with Crippen molar-refractivity contribution in [2.24, 2.45) is 11.3 Å². The van der Waals surface area contributed by atoms with Gasteiger partial charge in [-0.3, -0.25) is 4.79 Å². The second kappa shape index (κ2) is 12.5. The van der Waals surface area contributed by atoms with Crippen LogP contribution in [0.1, 0.15) is 58.8 Å². The summed E-state index contributed by atoms with van der Waals surface area (Å²) in [6, 6.07) is 0. The second-order valence-electron chi connectivity index (χ2n) is 6.50. The monoisotopic (exact) mass is 370 g/mol. The minimum absolute atomic E-state index is 0.0498. The van der Waals surface area contributed by atoms with Crippen LogP contribution in [0.3, 0.4) is 0 Å². The third-order valence-electron chi connectivity index (χ3n) is 4.60. The summed E-state index contributed by atoms with van der Waals surface area (Å²) < 4.78 is 9.85. The Hall–Kier alpha value is -1.89. The Morgan fingerprint density at radius 2 is 1.77 bits per heavy atom. The number of carboxylic acid groups (broad SMARTS) is 2. The van der Waals surface area contributed by atoms with E-state index in [1.807, 2.05) is 13.8 Å². The molecule has 0 aliphatic carbocycles. The minimum atomic E-state index is -2.04. The van der Waals surface area contributed by atoms with E-state index in [9.17, 15) is 24.6 Å². The molecule has 0 bridgehead atoms. The maximum absolute atomic E-state index is 12.1. The second-order valence-corrected chi connectivity index (χ2v) is 6.50. The van der Waals surface area contributed by atoms with E-state index < -0.39 is 35.3 Å². The van der Waals surface area contributed by atoms with E-state index in [4.69, 9.17) is 9.47 Å². The predicted molar refractivity (Wildman–Crippen MR) is 91.6 cm³/mol. The van der Waals surface area contributed by atoms with Gasteiger partial charge in [-0.25, -0.2) is 0 Å². The quantitative estimate of drug-likeness (QED) is 0.235. The molecule has 26 heavy (non-hydrogen) atoms. The van der Waals surface area contributed by atoms with Gasteiger partial charge in [0, 0.05) is 25.6 Å². The van der Waals surface area contributed by atoms with E-state index in [0.29, 0.717) is 19.4 Å². The van der Waals surface area contributed by atoms with E-state index in [1.165, 1.54) is 7.11 Å². The topological polar surface area (TPSA) is 116 Å². The number of rotatable bonds is 15. The van der Waals surface area contributed by atoms with Crippen molar-refractivity contribution in [3.63, 3.8) is 0 Å². The van der Waals surface area contributed by atoms with Crippen LogP contribution in [0.4, 0.5) is 0 Å². The molecule has 0 saturated carbocycles. The fourth-order valence-electron chi connectivity index (χ4n) is 2.90. The number of esters is 1. The SMILES string of the molecule is C=C(C(=O)[O-])C(CC(=O)OCCCOC)(CC(CC)CCCC)C(=O)[O-]. The molecule has 150 valence electrons. The molecular weight excluding hydrogens is 340 g/mol. The largest absolute Gasteiger partial charge is 0.549 e. The van der Waals surface area contributed by atoms with Crippen LogP contribution in [0.15, 0.2) is 12.2 Å². The molecule has 0 fully saturated rings. The van der Waals surface area contributed by atoms with Crippen molar-refractivity contribution >= 4 is 17.9 Å². The van der Waals surface area contributed by atoms with Gasteiger partial charge in [-0.1, -0.05) is 46.1 Å². The summed E-state index contributed by atoms with van der Waals surface area (Å²) in [4.78, 5) is 35.4. The van der Waals surface area contributed by atoms with E-state index in [1.54, 1.807) is 0 Å². The van der Waals surface area contributed by atoms with Crippen LogP contribution in [-0.4, -0.2) is 38.2 Å². The Morgan fingerprint density at radius 1 is 1.12 bits per heavy atom. The summed E-state index contributed by atoms with van der Waals surface area (Å²) >= 11 is 0. The summed E-state index contributed by atoms with van der Waals surface area (Å²) in [5.74, 6) is -4.23. The van der Waals surface area contributed by atoms with Crippen molar-refractivity contribution in [1.29, 1.82) is 0 Å². The lowest BCUT2D eigenvalue weighted by Crippen LogP contribution is -2.50. The molecule has 0 N–H and O–H groups in total. The number of ether oxygens (including phenoxy) is 2. The third kappa shape index (κ3) is 7.56. The highest BCUT2D eigenvalue weighted by atomic mass is 16.5. The number of carbonyl (C=O) groups excluding carboxylic acids is 3. The fourth-order valence-corrected chi connectivity index (χ4v) is 2.90. The molecule has 0 spiro atoms. The van der Waals surface area contributed by atoms with Gasteiger partial charge in [-0.15, -0.1) is 0 Å². The number of carbonyl (C=O) groups is 3.